The molecule has 1 aliphatic rings. The number of amidine groups is 1. The van der Waals surface area contributed by atoms with E-state index < -0.39 is 0 Å². The molecule has 0 saturated carbocycles. The van der Waals surface area contributed by atoms with Gasteiger partial charge in [0.15, 0.2) is 5.17 Å². The molecule has 0 bridgehead atoms. The maximum atomic E-state index is 12.8. The zero-order valence-electron chi connectivity index (χ0n) is 15.1. The number of nitrogens with zero attached hydrogens (tertiary/aromatic N) is 3. The molecule has 140 valence electrons. The highest BCUT2D eigenvalue weighted by Gasteiger charge is 2.37. The lowest BCUT2D eigenvalue weighted by molar-refractivity contribution is -0.125. The molecule has 7 heteroatoms. The summed E-state index contributed by atoms with van der Waals surface area (Å²) in [4.78, 5) is 15.4. The molecule has 1 aliphatic heterocycles. The molecule has 2 heterocycles. The molecule has 2 aromatic rings. The SMILES string of the molecule is C=CCN1C(=O)[C@H](Cc2ccc(OCC)cc2)S/C1=N\N=C/c1cccs1. The molecule has 0 N–H and O–H groups in total. The van der Waals surface area contributed by atoms with E-state index in [1.807, 2.05) is 48.7 Å². The van der Waals surface area contributed by atoms with Crippen molar-refractivity contribution in [1.82, 2.24) is 4.90 Å². The summed E-state index contributed by atoms with van der Waals surface area (Å²) in [6.45, 7) is 6.76. The van der Waals surface area contributed by atoms with Crippen molar-refractivity contribution < 1.29 is 9.53 Å². The van der Waals surface area contributed by atoms with Crippen LogP contribution in [0.25, 0.3) is 0 Å². The fourth-order valence-corrected chi connectivity index (χ4v) is 4.34. The van der Waals surface area contributed by atoms with Gasteiger partial charge in [0.25, 0.3) is 0 Å². The molecule has 0 aliphatic carbocycles. The summed E-state index contributed by atoms with van der Waals surface area (Å²) in [6, 6.07) is 11.8. The van der Waals surface area contributed by atoms with Gasteiger partial charge in [0.1, 0.15) is 5.75 Å². The molecule has 1 atom stereocenters. The molecule has 1 fully saturated rings. The second-order valence-corrected chi connectivity index (χ2v) is 7.92. The van der Waals surface area contributed by atoms with Crippen molar-refractivity contribution in [2.75, 3.05) is 13.2 Å². The molecule has 1 aromatic heterocycles. The van der Waals surface area contributed by atoms with Crippen LogP contribution in [0.5, 0.6) is 5.75 Å². The first-order valence-electron chi connectivity index (χ1n) is 8.66. The van der Waals surface area contributed by atoms with Crippen LogP contribution < -0.4 is 4.74 Å². The van der Waals surface area contributed by atoms with Gasteiger partial charge in [-0.15, -0.1) is 23.0 Å². The summed E-state index contributed by atoms with van der Waals surface area (Å²) in [7, 11) is 0. The highest BCUT2D eigenvalue weighted by molar-refractivity contribution is 8.15. The van der Waals surface area contributed by atoms with Gasteiger partial charge in [0.05, 0.1) is 18.1 Å². The summed E-state index contributed by atoms with van der Waals surface area (Å²) in [5.41, 5.74) is 1.09. The molecule has 1 aromatic carbocycles. The first-order chi connectivity index (χ1) is 13.2. The number of thioether (sulfide) groups is 1. The van der Waals surface area contributed by atoms with E-state index in [2.05, 4.69) is 16.8 Å². The number of ether oxygens (including phenoxy) is 1. The number of rotatable bonds is 8. The highest BCUT2D eigenvalue weighted by atomic mass is 32.2. The van der Waals surface area contributed by atoms with Crippen LogP contribution in [0.3, 0.4) is 0 Å². The number of carbonyl (C=O) groups is 1. The lowest BCUT2D eigenvalue weighted by Crippen LogP contribution is -2.32. The quantitative estimate of drug-likeness (QED) is 0.380. The van der Waals surface area contributed by atoms with E-state index in [1.165, 1.54) is 11.8 Å². The minimum Gasteiger partial charge on any atom is -0.494 e. The van der Waals surface area contributed by atoms with Crippen molar-refractivity contribution in [3.05, 3.63) is 64.9 Å². The summed E-state index contributed by atoms with van der Waals surface area (Å²) < 4.78 is 5.47. The third-order valence-corrected chi connectivity index (χ3v) is 5.83. The van der Waals surface area contributed by atoms with Crippen LogP contribution in [0.2, 0.25) is 0 Å². The predicted octanol–water partition coefficient (Wildman–Crippen LogP) is 4.21. The molecular weight excluding hydrogens is 378 g/mol. The Morgan fingerprint density at radius 1 is 1.30 bits per heavy atom. The van der Waals surface area contributed by atoms with Crippen molar-refractivity contribution >= 4 is 40.4 Å². The molecule has 0 spiro atoms. The van der Waals surface area contributed by atoms with Gasteiger partial charge in [-0.2, -0.15) is 5.10 Å². The van der Waals surface area contributed by atoms with Crippen LogP contribution in [-0.2, 0) is 11.2 Å². The average molecular weight is 400 g/mol. The van der Waals surface area contributed by atoms with E-state index in [9.17, 15) is 4.79 Å². The number of amides is 1. The third-order valence-electron chi connectivity index (χ3n) is 3.86. The maximum Gasteiger partial charge on any atom is 0.242 e. The van der Waals surface area contributed by atoms with Gasteiger partial charge in [0.2, 0.25) is 5.91 Å². The lowest BCUT2D eigenvalue weighted by Gasteiger charge is -2.13. The first-order valence-corrected chi connectivity index (χ1v) is 10.4. The Hall–Kier alpha value is -2.38. The largest absolute Gasteiger partial charge is 0.494 e. The van der Waals surface area contributed by atoms with Gasteiger partial charge in [-0.05, 0) is 42.5 Å². The maximum absolute atomic E-state index is 12.8. The van der Waals surface area contributed by atoms with E-state index in [0.717, 1.165) is 16.2 Å². The normalized spacial score (nSPS) is 18.6. The van der Waals surface area contributed by atoms with Crippen molar-refractivity contribution in [1.29, 1.82) is 0 Å². The minimum atomic E-state index is -0.210. The van der Waals surface area contributed by atoms with E-state index >= 15 is 0 Å². The molecular formula is C20H21N3O2S2. The van der Waals surface area contributed by atoms with Crippen LogP contribution >= 0.6 is 23.1 Å². The van der Waals surface area contributed by atoms with Crippen LogP contribution in [0.1, 0.15) is 17.4 Å². The average Bonchev–Trinajstić information content (AvgIpc) is 3.28. The van der Waals surface area contributed by atoms with E-state index in [1.54, 1.807) is 28.5 Å². The van der Waals surface area contributed by atoms with Gasteiger partial charge < -0.3 is 4.74 Å². The zero-order chi connectivity index (χ0) is 19.1. The molecule has 0 unspecified atom stereocenters. The van der Waals surface area contributed by atoms with E-state index in [-0.39, 0.29) is 11.2 Å². The number of carbonyl (C=O) groups excluding carboxylic acids is 1. The van der Waals surface area contributed by atoms with Crippen molar-refractivity contribution in [2.24, 2.45) is 10.2 Å². The molecule has 27 heavy (non-hydrogen) atoms. The Balaban J connectivity index is 1.71. The second kappa shape index (κ2) is 9.53. The smallest absolute Gasteiger partial charge is 0.242 e. The Bertz CT molecular complexity index is 829. The highest BCUT2D eigenvalue weighted by Crippen LogP contribution is 2.30. The molecule has 3 rings (SSSR count). The molecule has 0 radical (unpaired) electrons. The summed E-state index contributed by atoms with van der Waals surface area (Å²) in [5, 5.41) is 10.8. The van der Waals surface area contributed by atoms with E-state index in [4.69, 9.17) is 4.74 Å². The Morgan fingerprint density at radius 3 is 2.78 bits per heavy atom. The third kappa shape index (κ3) is 5.08. The molecule has 5 nitrogen and oxygen atoms in total. The minimum absolute atomic E-state index is 0.0406. The zero-order valence-corrected chi connectivity index (χ0v) is 16.7. The van der Waals surface area contributed by atoms with Crippen LogP contribution in [0, 0.1) is 0 Å². The van der Waals surface area contributed by atoms with Crippen molar-refractivity contribution in [3.8, 4) is 5.75 Å². The van der Waals surface area contributed by atoms with Crippen LogP contribution in [0.4, 0.5) is 0 Å². The second-order valence-electron chi connectivity index (χ2n) is 5.77. The van der Waals surface area contributed by atoms with Crippen molar-refractivity contribution in [3.63, 3.8) is 0 Å². The van der Waals surface area contributed by atoms with Gasteiger partial charge in [-0.3, -0.25) is 9.69 Å². The van der Waals surface area contributed by atoms with Gasteiger partial charge in [0, 0.05) is 11.4 Å². The standard InChI is InChI=1S/C20H21N3O2S2/c1-3-11-23-19(24)18(13-15-7-9-16(10-8-15)25-4-2)27-20(23)22-21-14-17-6-5-12-26-17/h3,5-10,12,14,18H,1,4,11,13H2,2H3/b21-14-,22-20-/t18-/m0/s1. The Labute approximate surface area is 167 Å². The first kappa shape index (κ1) is 19.4. The monoisotopic (exact) mass is 399 g/mol. The molecule has 1 saturated heterocycles. The van der Waals surface area contributed by atoms with E-state index in [0.29, 0.717) is 24.7 Å². The summed E-state index contributed by atoms with van der Waals surface area (Å²) >= 11 is 3.04. The fraction of sp³-hybridized carbons (Fsp3) is 0.250. The molecule has 1 amide bonds. The van der Waals surface area contributed by atoms with Gasteiger partial charge >= 0.3 is 0 Å². The van der Waals surface area contributed by atoms with Crippen molar-refractivity contribution in [2.45, 2.75) is 18.6 Å². The van der Waals surface area contributed by atoms with Crippen LogP contribution in [0.15, 0.2) is 64.6 Å². The Kier molecular flexibility index (Phi) is 6.84. The topological polar surface area (TPSA) is 54.3 Å². The summed E-state index contributed by atoms with van der Waals surface area (Å²) in [5.74, 6) is 0.879. The van der Waals surface area contributed by atoms with Gasteiger partial charge in [-0.25, -0.2) is 0 Å². The number of thiophene rings is 1. The Morgan fingerprint density at radius 2 is 2.11 bits per heavy atom. The fourth-order valence-electron chi connectivity index (χ4n) is 2.62. The number of hydrogen-bond acceptors (Lipinski definition) is 6. The number of hydrogen-bond donors (Lipinski definition) is 0. The van der Waals surface area contributed by atoms with Gasteiger partial charge in [-0.1, -0.05) is 36.0 Å². The number of benzene rings is 1. The van der Waals surface area contributed by atoms with Crippen LogP contribution in [-0.4, -0.2) is 40.6 Å². The lowest BCUT2D eigenvalue weighted by atomic mass is 10.1. The summed E-state index contributed by atoms with van der Waals surface area (Å²) in [6.07, 6.45) is 4.04. The predicted molar refractivity (Wildman–Crippen MR) is 114 cm³/mol.